The van der Waals surface area contributed by atoms with Gasteiger partial charge in [-0.3, -0.25) is 4.90 Å². The summed E-state index contributed by atoms with van der Waals surface area (Å²) in [6.07, 6.45) is -0.237. The van der Waals surface area contributed by atoms with Crippen molar-refractivity contribution < 1.29 is 23.1 Å². The third-order valence-electron chi connectivity index (χ3n) is 5.00. The number of methoxy groups -OCH3 is 2. The average Bonchev–Trinajstić information content (AvgIpc) is 3.17. The molecule has 3 heterocycles. The van der Waals surface area contributed by atoms with Crippen molar-refractivity contribution >= 4 is 0 Å². The fraction of sp³-hybridized carbons (Fsp3) is 0.400. The van der Waals surface area contributed by atoms with Crippen LogP contribution in [0.1, 0.15) is 32.4 Å². The molecule has 0 bridgehead atoms. The summed E-state index contributed by atoms with van der Waals surface area (Å²) in [5.74, 6) is 2.28. The summed E-state index contributed by atoms with van der Waals surface area (Å²) in [4.78, 5) is 1.76. The van der Waals surface area contributed by atoms with Gasteiger partial charge < -0.3 is 18.9 Å². The van der Waals surface area contributed by atoms with E-state index in [1.54, 1.807) is 31.3 Å². The summed E-state index contributed by atoms with van der Waals surface area (Å²) in [5.41, 5.74) is 2.91. The second-order valence-corrected chi connectivity index (χ2v) is 6.27. The Bertz CT molecular complexity index is 969. The van der Waals surface area contributed by atoms with Crippen molar-refractivity contribution in [1.29, 1.82) is 0 Å². The molecule has 0 fully saturated rings. The van der Waals surface area contributed by atoms with Gasteiger partial charge in [0.1, 0.15) is 0 Å². The predicted octanol–water partition coefficient (Wildman–Crippen LogP) is 3.09. The first-order valence-electron chi connectivity index (χ1n) is 9.95. The molecule has 0 saturated heterocycles. The van der Waals surface area contributed by atoms with E-state index in [9.17, 15) is 1.37 Å². The monoisotopic (exact) mass is 345 g/mol. The lowest BCUT2D eigenvalue weighted by Crippen LogP contribution is -2.39. The molecule has 5 nitrogen and oxygen atoms in total. The van der Waals surface area contributed by atoms with Crippen LogP contribution in [0.25, 0.3) is 0 Å². The summed E-state index contributed by atoms with van der Waals surface area (Å²) in [5, 5.41) is 0. The van der Waals surface area contributed by atoms with Crippen LogP contribution in [0.3, 0.4) is 0 Å². The third-order valence-corrected chi connectivity index (χ3v) is 5.00. The Morgan fingerprint density at radius 1 is 1.16 bits per heavy atom. The molecule has 3 atom stereocenters. The molecule has 0 aliphatic carbocycles. The van der Waals surface area contributed by atoms with Crippen LogP contribution in [-0.2, 0) is 19.3 Å². The summed E-state index contributed by atoms with van der Waals surface area (Å²) in [7, 11) is 3.09. The maximum Gasteiger partial charge on any atom is 0.231 e. The smallest absolute Gasteiger partial charge is 0.231 e. The highest BCUT2D eigenvalue weighted by Gasteiger charge is 2.35. The van der Waals surface area contributed by atoms with Gasteiger partial charge in [-0.1, -0.05) is 6.07 Å². The fourth-order valence-corrected chi connectivity index (χ4v) is 3.77. The van der Waals surface area contributed by atoms with Crippen LogP contribution in [0.4, 0.5) is 0 Å². The SMILES string of the molecule is [3H]C1c2c(ccc(OC)c2OC)C([3H])C2([3H])c3cc4c(cc3CCN12)OCO4. The Morgan fingerprint density at radius 2 is 2.00 bits per heavy atom. The van der Waals surface area contributed by atoms with Gasteiger partial charge in [0.2, 0.25) is 6.79 Å². The Kier molecular flexibility index (Phi) is 2.68. The van der Waals surface area contributed by atoms with Gasteiger partial charge in [-0.25, -0.2) is 0 Å². The lowest BCUT2D eigenvalue weighted by atomic mass is 9.83. The molecule has 3 aliphatic heterocycles. The number of benzene rings is 2. The van der Waals surface area contributed by atoms with Crippen molar-refractivity contribution in [3.63, 3.8) is 0 Å². The maximum atomic E-state index is 9.37. The first kappa shape index (κ1) is 12.0. The zero-order chi connectivity index (χ0) is 19.6. The topological polar surface area (TPSA) is 40.2 Å². The van der Waals surface area contributed by atoms with Gasteiger partial charge in [0.25, 0.3) is 0 Å². The van der Waals surface area contributed by atoms with E-state index in [1.165, 1.54) is 0 Å². The molecule has 0 N–H and O–H groups in total. The largest absolute Gasteiger partial charge is 0.493 e. The molecule has 3 aliphatic rings. The fourth-order valence-electron chi connectivity index (χ4n) is 3.77. The molecule has 3 unspecified atom stereocenters. The molecule has 0 saturated carbocycles. The van der Waals surface area contributed by atoms with Crippen LogP contribution < -0.4 is 18.9 Å². The first-order valence-corrected chi connectivity index (χ1v) is 8.29. The molecular weight excluding hydrogens is 318 g/mol. The molecule has 5 heteroatoms. The van der Waals surface area contributed by atoms with E-state index in [0.29, 0.717) is 52.7 Å². The van der Waals surface area contributed by atoms with Crippen LogP contribution in [0, 0.1) is 0 Å². The van der Waals surface area contributed by atoms with E-state index >= 15 is 0 Å². The lowest BCUT2D eigenvalue weighted by Gasteiger charge is -2.42. The van der Waals surface area contributed by atoms with Crippen molar-refractivity contribution in [3.8, 4) is 23.0 Å². The van der Waals surface area contributed by atoms with Crippen molar-refractivity contribution in [2.75, 3.05) is 27.6 Å². The zero-order valence-corrected chi connectivity index (χ0v) is 14.2. The molecule has 2 aromatic carbocycles. The minimum Gasteiger partial charge on any atom is -0.493 e. The molecule has 25 heavy (non-hydrogen) atoms. The molecule has 0 radical (unpaired) electrons. The summed E-state index contributed by atoms with van der Waals surface area (Å²) < 4.78 is 49.2. The van der Waals surface area contributed by atoms with E-state index in [0.717, 1.165) is 5.56 Å². The van der Waals surface area contributed by atoms with Gasteiger partial charge in [0.15, 0.2) is 23.0 Å². The number of hydrogen-bond acceptors (Lipinski definition) is 5. The lowest BCUT2D eigenvalue weighted by molar-refractivity contribution is 0.157. The zero-order valence-electron chi connectivity index (χ0n) is 17.2. The number of rotatable bonds is 2. The second kappa shape index (κ2) is 5.56. The number of hydrogen-bond donors (Lipinski definition) is 0. The minimum atomic E-state index is -1.40. The quantitative estimate of drug-likeness (QED) is 0.836. The Morgan fingerprint density at radius 3 is 2.80 bits per heavy atom. The van der Waals surface area contributed by atoms with Gasteiger partial charge >= 0.3 is 0 Å². The van der Waals surface area contributed by atoms with Crippen LogP contribution >= 0.6 is 0 Å². The van der Waals surface area contributed by atoms with Gasteiger partial charge in [-0.2, -0.15) is 0 Å². The molecular formula is C20H21NO4. The molecule has 2 aromatic rings. The predicted molar refractivity (Wildman–Crippen MR) is 92.7 cm³/mol. The summed E-state index contributed by atoms with van der Waals surface area (Å²) in [6.45, 7) is -0.171. The number of fused-ring (bicyclic) bond motifs is 5. The van der Waals surface area contributed by atoms with E-state index < -0.39 is 18.9 Å². The van der Waals surface area contributed by atoms with Gasteiger partial charge in [-0.15, -0.1) is 0 Å². The molecule has 0 aromatic heterocycles. The van der Waals surface area contributed by atoms with Crippen LogP contribution in [-0.4, -0.2) is 32.5 Å². The van der Waals surface area contributed by atoms with Crippen LogP contribution in [0.2, 0.25) is 0 Å². The molecule has 0 amide bonds. The highest BCUT2D eigenvalue weighted by Crippen LogP contribution is 2.46. The summed E-state index contributed by atoms with van der Waals surface area (Å²) in [6, 6.07) is 5.87. The van der Waals surface area contributed by atoms with Gasteiger partial charge in [0, 0.05) is 27.4 Å². The molecule has 0 spiro atoms. The maximum absolute atomic E-state index is 9.37. The van der Waals surface area contributed by atoms with Crippen molar-refractivity contribution in [3.05, 3.63) is 46.5 Å². The van der Waals surface area contributed by atoms with E-state index in [4.69, 9.17) is 21.7 Å². The summed E-state index contributed by atoms with van der Waals surface area (Å²) >= 11 is 0. The Labute approximate surface area is 151 Å². The average molecular weight is 345 g/mol. The minimum absolute atomic E-state index is 0.165. The standard InChI is InChI=1S/C20H21NO4/c1-22-17-4-3-12-7-16-14-9-19-18(24-11-25-19)8-13(14)5-6-21(16)10-15(12)20(17)23-2/h3-4,8-9,16H,5-7,10-11H2,1-2H3/i7T,10T,16T. The number of ether oxygens (including phenoxy) is 4. The molecule has 5 rings (SSSR count). The van der Waals surface area contributed by atoms with Gasteiger partial charge in [0.05, 0.1) is 15.6 Å². The highest BCUT2D eigenvalue weighted by atomic mass is 16.7. The normalized spacial score (nSPS) is 31.0. The number of nitrogens with zero attached hydrogens (tertiary/aromatic N) is 1. The molecule has 130 valence electrons. The first-order chi connectivity index (χ1) is 13.5. The van der Waals surface area contributed by atoms with E-state index in [-0.39, 0.29) is 6.79 Å². The van der Waals surface area contributed by atoms with Crippen molar-refractivity contribution in [2.24, 2.45) is 0 Å². The van der Waals surface area contributed by atoms with Crippen molar-refractivity contribution in [2.45, 2.75) is 25.4 Å². The Balaban J connectivity index is 1.72. The van der Waals surface area contributed by atoms with E-state index in [2.05, 4.69) is 0 Å². The highest BCUT2D eigenvalue weighted by molar-refractivity contribution is 5.55. The third kappa shape index (κ3) is 2.19. The van der Waals surface area contributed by atoms with Crippen LogP contribution in [0.15, 0.2) is 24.3 Å². The second-order valence-electron chi connectivity index (χ2n) is 6.27. The van der Waals surface area contributed by atoms with E-state index in [1.807, 2.05) is 12.1 Å². The Hall–Kier alpha value is -2.40. The van der Waals surface area contributed by atoms with Crippen molar-refractivity contribution in [1.82, 2.24) is 4.90 Å². The van der Waals surface area contributed by atoms with Gasteiger partial charge in [-0.05, 0) is 47.7 Å². The van der Waals surface area contributed by atoms with Crippen LogP contribution in [0.5, 0.6) is 23.0 Å².